The van der Waals surface area contributed by atoms with Crippen LogP contribution in [0.3, 0.4) is 0 Å². The van der Waals surface area contributed by atoms with Gasteiger partial charge in [0.05, 0.1) is 12.0 Å². The molecule has 0 unspecified atom stereocenters. The van der Waals surface area contributed by atoms with Crippen molar-refractivity contribution in [1.82, 2.24) is 10.0 Å². The van der Waals surface area contributed by atoms with Crippen LogP contribution in [0.15, 0.2) is 22.8 Å². The van der Waals surface area contributed by atoms with E-state index >= 15 is 0 Å². The average Bonchev–Trinajstić information content (AvgIpc) is 2.86. The Bertz CT molecular complexity index is 453. The quantitative estimate of drug-likeness (QED) is 0.684. The summed E-state index contributed by atoms with van der Waals surface area (Å²) < 4.78 is 30.2. The van der Waals surface area contributed by atoms with E-state index in [4.69, 9.17) is 4.42 Å². The van der Waals surface area contributed by atoms with Gasteiger partial charge in [0.25, 0.3) is 5.91 Å². The lowest BCUT2D eigenvalue weighted by molar-refractivity contribution is 0.0926. The van der Waals surface area contributed by atoms with Gasteiger partial charge in [-0.3, -0.25) is 4.79 Å². The predicted molar refractivity (Wildman–Crippen MR) is 67.7 cm³/mol. The van der Waals surface area contributed by atoms with Gasteiger partial charge in [0.1, 0.15) is 0 Å². The van der Waals surface area contributed by atoms with Gasteiger partial charge in [-0.25, -0.2) is 13.1 Å². The summed E-state index contributed by atoms with van der Waals surface area (Å²) in [4.78, 5) is 11.4. The van der Waals surface area contributed by atoms with E-state index in [0.29, 0.717) is 6.42 Å². The molecule has 0 aliphatic rings. The van der Waals surface area contributed by atoms with Gasteiger partial charge in [-0.05, 0) is 18.6 Å². The summed E-state index contributed by atoms with van der Waals surface area (Å²) in [5.41, 5.74) is 0. The van der Waals surface area contributed by atoms with Crippen LogP contribution in [0.4, 0.5) is 0 Å². The van der Waals surface area contributed by atoms with Crippen molar-refractivity contribution >= 4 is 15.9 Å². The molecule has 0 atom stereocenters. The summed E-state index contributed by atoms with van der Waals surface area (Å²) in [6.45, 7) is 2.34. The van der Waals surface area contributed by atoms with E-state index in [2.05, 4.69) is 10.0 Å². The third kappa shape index (κ3) is 5.33. The Labute approximate surface area is 107 Å². The minimum Gasteiger partial charge on any atom is -0.459 e. The minimum absolute atomic E-state index is 0.121. The fourth-order valence-corrected chi connectivity index (χ4v) is 2.51. The Kier molecular flexibility index (Phi) is 5.87. The van der Waals surface area contributed by atoms with Gasteiger partial charge in [0.15, 0.2) is 5.76 Å². The number of hydrogen-bond donors (Lipinski definition) is 2. The summed E-state index contributed by atoms with van der Waals surface area (Å²) in [6, 6.07) is 3.16. The van der Waals surface area contributed by atoms with Crippen LogP contribution in [0.5, 0.6) is 0 Å². The Balaban J connectivity index is 2.21. The molecule has 2 N–H and O–H groups in total. The molecule has 0 saturated heterocycles. The Hall–Kier alpha value is -1.34. The molecular formula is C11H18N2O4S. The molecule has 0 aliphatic heterocycles. The third-order valence-corrected chi connectivity index (χ3v) is 3.71. The maximum Gasteiger partial charge on any atom is 0.287 e. The molecule has 7 heteroatoms. The highest BCUT2D eigenvalue weighted by Gasteiger charge is 2.10. The van der Waals surface area contributed by atoms with Gasteiger partial charge < -0.3 is 9.73 Å². The number of sulfonamides is 1. The molecular weight excluding hydrogens is 256 g/mol. The standard InChI is InChI=1S/C11H18N2O4S/c1-2-3-9-18(15,16)13-7-6-12-11(14)10-5-4-8-17-10/h4-5,8,13H,2-3,6-7,9H2,1H3,(H,12,14). The first-order chi connectivity index (χ1) is 8.55. The highest BCUT2D eigenvalue weighted by molar-refractivity contribution is 7.89. The Morgan fingerprint density at radius 2 is 2.17 bits per heavy atom. The zero-order valence-electron chi connectivity index (χ0n) is 10.3. The largest absolute Gasteiger partial charge is 0.459 e. The molecule has 1 aromatic heterocycles. The third-order valence-electron chi connectivity index (χ3n) is 2.24. The van der Waals surface area contributed by atoms with Crippen molar-refractivity contribution in [3.05, 3.63) is 24.2 Å². The van der Waals surface area contributed by atoms with Crippen LogP contribution < -0.4 is 10.0 Å². The van der Waals surface area contributed by atoms with Crippen LogP contribution in [-0.4, -0.2) is 33.2 Å². The molecule has 1 aromatic rings. The molecule has 1 rings (SSSR count). The van der Waals surface area contributed by atoms with Crippen LogP contribution in [0, 0.1) is 0 Å². The van der Waals surface area contributed by atoms with Gasteiger partial charge in [0, 0.05) is 13.1 Å². The summed E-state index contributed by atoms with van der Waals surface area (Å²) in [7, 11) is -3.22. The van der Waals surface area contributed by atoms with Crippen molar-refractivity contribution < 1.29 is 17.6 Å². The monoisotopic (exact) mass is 274 g/mol. The summed E-state index contributed by atoms with van der Waals surface area (Å²) in [5.74, 6) is -0.0214. The van der Waals surface area contributed by atoms with Crippen molar-refractivity contribution in [2.75, 3.05) is 18.8 Å². The molecule has 102 valence electrons. The molecule has 18 heavy (non-hydrogen) atoms. The normalized spacial score (nSPS) is 11.4. The molecule has 0 aromatic carbocycles. The van der Waals surface area contributed by atoms with Crippen LogP contribution in [0.25, 0.3) is 0 Å². The Morgan fingerprint density at radius 3 is 2.78 bits per heavy atom. The van der Waals surface area contributed by atoms with E-state index < -0.39 is 10.0 Å². The maximum atomic E-state index is 11.4. The van der Waals surface area contributed by atoms with Gasteiger partial charge in [-0.1, -0.05) is 13.3 Å². The van der Waals surface area contributed by atoms with Crippen LogP contribution in [-0.2, 0) is 10.0 Å². The summed E-state index contributed by atoms with van der Waals surface area (Å²) in [5, 5.41) is 2.55. The van der Waals surface area contributed by atoms with Crippen LogP contribution in [0.2, 0.25) is 0 Å². The van der Waals surface area contributed by atoms with Gasteiger partial charge in [0.2, 0.25) is 10.0 Å². The van der Waals surface area contributed by atoms with Crippen molar-refractivity contribution in [2.24, 2.45) is 0 Å². The van der Waals surface area contributed by atoms with Gasteiger partial charge in [-0.2, -0.15) is 0 Å². The van der Waals surface area contributed by atoms with Crippen molar-refractivity contribution in [2.45, 2.75) is 19.8 Å². The van der Waals surface area contributed by atoms with E-state index in [1.807, 2.05) is 6.92 Å². The van der Waals surface area contributed by atoms with E-state index in [9.17, 15) is 13.2 Å². The lowest BCUT2D eigenvalue weighted by Gasteiger charge is -2.06. The lowest BCUT2D eigenvalue weighted by Crippen LogP contribution is -2.35. The molecule has 0 fully saturated rings. The molecule has 6 nitrogen and oxygen atoms in total. The second kappa shape index (κ2) is 7.17. The van der Waals surface area contributed by atoms with Crippen LogP contribution >= 0.6 is 0 Å². The summed E-state index contributed by atoms with van der Waals surface area (Å²) >= 11 is 0. The SMILES string of the molecule is CCCCS(=O)(=O)NCCNC(=O)c1ccco1. The molecule has 1 amide bonds. The molecule has 1 heterocycles. The highest BCUT2D eigenvalue weighted by atomic mass is 32.2. The number of hydrogen-bond acceptors (Lipinski definition) is 4. The first-order valence-electron chi connectivity index (χ1n) is 5.84. The smallest absolute Gasteiger partial charge is 0.287 e. The van der Waals surface area contributed by atoms with E-state index in [1.54, 1.807) is 12.1 Å². The number of amides is 1. The second-order valence-corrected chi connectivity index (χ2v) is 5.73. The number of carbonyl (C=O) groups excluding carboxylic acids is 1. The first-order valence-corrected chi connectivity index (χ1v) is 7.49. The Morgan fingerprint density at radius 1 is 1.39 bits per heavy atom. The van der Waals surface area contributed by atoms with E-state index in [-0.39, 0.29) is 30.5 Å². The number of nitrogens with one attached hydrogen (secondary N) is 2. The minimum atomic E-state index is -3.22. The van der Waals surface area contributed by atoms with Crippen molar-refractivity contribution in [3.8, 4) is 0 Å². The molecule has 0 bridgehead atoms. The number of rotatable bonds is 8. The molecule has 0 saturated carbocycles. The van der Waals surface area contributed by atoms with Crippen molar-refractivity contribution in [1.29, 1.82) is 0 Å². The van der Waals surface area contributed by atoms with E-state index in [0.717, 1.165) is 6.42 Å². The predicted octanol–water partition coefficient (Wildman–Crippen LogP) is 0.729. The van der Waals surface area contributed by atoms with Gasteiger partial charge in [-0.15, -0.1) is 0 Å². The second-order valence-electron chi connectivity index (χ2n) is 3.80. The first kappa shape index (κ1) is 14.7. The lowest BCUT2D eigenvalue weighted by atomic mass is 10.4. The number of carbonyl (C=O) groups is 1. The van der Waals surface area contributed by atoms with Gasteiger partial charge >= 0.3 is 0 Å². The molecule has 0 spiro atoms. The van der Waals surface area contributed by atoms with E-state index in [1.165, 1.54) is 6.26 Å². The summed E-state index contributed by atoms with van der Waals surface area (Å²) in [6.07, 6.45) is 2.87. The maximum absolute atomic E-state index is 11.4. The number of furan rings is 1. The van der Waals surface area contributed by atoms with Crippen molar-refractivity contribution in [3.63, 3.8) is 0 Å². The average molecular weight is 274 g/mol. The fraction of sp³-hybridized carbons (Fsp3) is 0.545. The topological polar surface area (TPSA) is 88.4 Å². The highest BCUT2D eigenvalue weighted by Crippen LogP contribution is 1.98. The zero-order chi connectivity index (χ0) is 13.4. The number of unbranched alkanes of at least 4 members (excludes halogenated alkanes) is 1. The fourth-order valence-electron chi connectivity index (χ4n) is 1.28. The zero-order valence-corrected chi connectivity index (χ0v) is 11.1. The van der Waals surface area contributed by atoms with Crippen LogP contribution in [0.1, 0.15) is 30.3 Å². The molecule has 0 aliphatic carbocycles. The molecule has 0 radical (unpaired) electrons.